The molecule has 5 nitrogen and oxygen atoms in total. The van der Waals surface area contributed by atoms with Gasteiger partial charge in [0.2, 0.25) is 0 Å². The summed E-state index contributed by atoms with van der Waals surface area (Å²) in [7, 11) is 0. The van der Waals surface area contributed by atoms with Crippen molar-refractivity contribution >= 4 is 18.3 Å². The minimum atomic E-state index is 0. The molecule has 136 valence electrons. The number of hydrogen-bond donors (Lipinski definition) is 1. The summed E-state index contributed by atoms with van der Waals surface area (Å²) in [6, 6.07) is 12.2. The van der Waals surface area contributed by atoms with Crippen LogP contribution in [0.25, 0.3) is 5.69 Å². The molecule has 0 unspecified atom stereocenters. The van der Waals surface area contributed by atoms with E-state index in [0.717, 1.165) is 50.3 Å². The van der Waals surface area contributed by atoms with Crippen molar-refractivity contribution in [2.75, 3.05) is 19.6 Å². The Bertz CT molecular complexity index is 680. The topological polar surface area (TPSA) is 50.2 Å². The molecule has 1 aromatic heterocycles. The third-order valence-corrected chi connectivity index (χ3v) is 4.58. The van der Waals surface area contributed by atoms with Crippen LogP contribution in [0.3, 0.4) is 0 Å². The zero-order chi connectivity index (χ0) is 16.9. The molecule has 1 aromatic carbocycles. The van der Waals surface area contributed by atoms with E-state index in [1.165, 1.54) is 0 Å². The summed E-state index contributed by atoms with van der Waals surface area (Å²) in [6.07, 6.45) is 3.00. The first kappa shape index (κ1) is 19.5. The molecule has 1 amide bonds. The van der Waals surface area contributed by atoms with Crippen LogP contribution in [0.5, 0.6) is 0 Å². The van der Waals surface area contributed by atoms with Crippen LogP contribution < -0.4 is 5.32 Å². The van der Waals surface area contributed by atoms with Gasteiger partial charge in [0, 0.05) is 18.3 Å². The number of piperidine rings is 1. The van der Waals surface area contributed by atoms with E-state index in [4.69, 9.17) is 0 Å². The predicted molar refractivity (Wildman–Crippen MR) is 103 cm³/mol. The monoisotopic (exact) mass is 362 g/mol. The van der Waals surface area contributed by atoms with E-state index in [9.17, 15) is 4.79 Å². The molecule has 6 heteroatoms. The first-order chi connectivity index (χ1) is 11.7. The van der Waals surface area contributed by atoms with E-state index in [0.29, 0.717) is 11.7 Å². The van der Waals surface area contributed by atoms with Gasteiger partial charge in [-0.25, -0.2) is 4.68 Å². The minimum absolute atomic E-state index is 0. The summed E-state index contributed by atoms with van der Waals surface area (Å²) in [5.74, 6) is 0.0570. The van der Waals surface area contributed by atoms with Crippen molar-refractivity contribution < 1.29 is 4.79 Å². The summed E-state index contributed by atoms with van der Waals surface area (Å²) in [5, 5.41) is 7.96. The lowest BCUT2D eigenvalue weighted by molar-refractivity contribution is 0.0636. The highest BCUT2D eigenvalue weighted by atomic mass is 35.5. The predicted octanol–water partition coefficient (Wildman–Crippen LogP) is 3.21. The molecule has 2 aromatic rings. The van der Waals surface area contributed by atoms with Crippen molar-refractivity contribution in [3.63, 3.8) is 0 Å². The molecule has 0 spiro atoms. The number of aryl methyl sites for hydroxylation is 1. The van der Waals surface area contributed by atoms with E-state index in [2.05, 4.69) is 17.3 Å². The van der Waals surface area contributed by atoms with Crippen LogP contribution in [0.1, 0.15) is 42.4 Å². The third-order valence-electron chi connectivity index (χ3n) is 4.58. The van der Waals surface area contributed by atoms with Crippen molar-refractivity contribution in [2.24, 2.45) is 0 Å². The summed E-state index contributed by atoms with van der Waals surface area (Å²) >= 11 is 0. The molecule has 0 bridgehead atoms. The van der Waals surface area contributed by atoms with Gasteiger partial charge in [-0.1, -0.05) is 25.1 Å². The van der Waals surface area contributed by atoms with Crippen molar-refractivity contribution in [3.05, 3.63) is 47.8 Å². The maximum absolute atomic E-state index is 13.1. The largest absolute Gasteiger partial charge is 0.334 e. The molecule has 1 fully saturated rings. The van der Waals surface area contributed by atoms with Gasteiger partial charge >= 0.3 is 0 Å². The molecule has 1 aliphatic heterocycles. The lowest BCUT2D eigenvalue weighted by Gasteiger charge is -2.34. The van der Waals surface area contributed by atoms with Crippen LogP contribution in [0.15, 0.2) is 36.4 Å². The van der Waals surface area contributed by atoms with Gasteiger partial charge in [-0.2, -0.15) is 5.10 Å². The van der Waals surface area contributed by atoms with Crippen molar-refractivity contribution in [2.45, 2.75) is 39.2 Å². The number of hydrogen-bond acceptors (Lipinski definition) is 3. The average molecular weight is 363 g/mol. The van der Waals surface area contributed by atoms with Crippen molar-refractivity contribution in [3.8, 4) is 5.69 Å². The SMILES string of the molecule is CCCN(C(=O)c1cc(C)n(-c2ccccc2)n1)C1CCNCC1.Cl. The minimum Gasteiger partial charge on any atom is -0.334 e. The standard InChI is InChI=1S/C19H26N4O.ClH/c1-3-13-22(16-9-11-20-12-10-16)19(24)18-14-15(2)23(21-18)17-7-5-4-6-8-17;/h4-8,14,16,20H,3,9-13H2,1-2H3;1H. The number of carbonyl (C=O) groups is 1. The fourth-order valence-corrected chi connectivity index (χ4v) is 3.37. The maximum atomic E-state index is 13.1. The summed E-state index contributed by atoms with van der Waals surface area (Å²) in [4.78, 5) is 15.1. The van der Waals surface area contributed by atoms with E-state index in [-0.39, 0.29) is 18.3 Å². The molecule has 0 saturated carbocycles. The van der Waals surface area contributed by atoms with Crippen LogP contribution in [-0.2, 0) is 0 Å². The second-order valence-electron chi connectivity index (χ2n) is 6.40. The van der Waals surface area contributed by atoms with Gasteiger partial charge in [0.1, 0.15) is 0 Å². The zero-order valence-corrected chi connectivity index (χ0v) is 15.8. The number of benzene rings is 1. The van der Waals surface area contributed by atoms with Gasteiger partial charge in [-0.15, -0.1) is 12.4 Å². The molecular formula is C19H27ClN4O. The molecule has 2 heterocycles. The molecule has 0 atom stereocenters. The quantitative estimate of drug-likeness (QED) is 0.888. The Hall–Kier alpha value is -1.85. The lowest BCUT2D eigenvalue weighted by Crippen LogP contribution is -2.46. The van der Waals surface area contributed by atoms with Crippen LogP contribution in [0.4, 0.5) is 0 Å². The number of halogens is 1. The summed E-state index contributed by atoms with van der Waals surface area (Å²) in [5.41, 5.74) is 2.51. The fraction of sp³-hybridized carbons (Fsp3) is 0.474. The normalized spacial score (nSPS) is 14.8. The Balaban J connectivity index is 0.00000225. The highest BCUT2D eigenvalue weighted by Gasteiger charge is 2.27. The molecule has 25 heavy (non-hydrogen) atoms. The van der Waals surface area contributed by atoms with E-state index < -0.39 is 0 Å². The van der Waals surface area contributed by atoms with Crippen molar-refractivity contribution in [1.29, 1.82) is 0 Å². The second-order valence-corrected chi connectivity index (χ2v) is 6.40. The lowest BCUT2D eigenvalue weighted by atomic mass is 10.0. The number of carbonyl (C=O) groups excluding carboxylic acids is 1. The van der Waals surface area contributed by atoms with Gasteiger partial charge in [-0.05, 0) is 57.5 Å². The molecular weight excluding hydrogens is 336 g/mol. The number of amides is 1. The van der Waals surface area contributed by atoms with Crippen LogP contribution in [-0.4, -0.2) is 46.3 Å². The number of aromatic nitrogens is 2. The summed E-state index contributed by atoms with van der Waals surface area (Å²) < 4.78 is 1.85. The third kappa shape index (κ3) is 4.41. The Kier molecular flexibility index (Phi) is 7.02. The second kappa shape index (κ2) is 9.02. The number of nitrogens with zero attached hydrogens (tertiary/aromatic N) is 3. The Morgan fingerprint density at radius 1 is 1.28 bits per heavy atom. The highest BCUT2D eigenvalue weighted by molar-refractivity contribution is 5.92. The van der Waals surface area contributed by atoms with E-state index in [1.807, 2.05) is 52.9 Å². The molecule has 0 radical (unpaired) electrons. The molecule has 1 saturated heterocycles. The van der Waals surface area contributed by atoms with E-state index >= 15 is 0 Å². The molecule has 0 aliphatic carbocycles. The van der Waals surface area contributed by atoms with Crippen LogP contribution in [0.2, 0.25) is 0 Å². The number of para-hydroxylation sites is 1. The Morgan fingerprint density at radius 3 is 2.60 bits per heavy atom. The average Bonchev–Trinajstić information content (AvgIpc) is 3.02. The molecule has 3 rings (SSSR count). The van der Waals surface area contributed by atoms with Gasteiger partial charge in [0.05, 0.1) is 5.69 Å². The Morgan fingerprint density at radius 2 is 1.96 bits per heavy atom. The fourth-order valence-electron chi connectivity index (χ4n) is 3.37. The first-order valence-corrected chi connectivity index (χ1v) is 8.84. The van der Waals surface area contributed by atoms with Crippen molar-refractivity contribution in [1.82, 2.24) is 20.0 Å². The Labute approximate surface area is 155 Å². The zero-order valence-electron chi connectivity index (χ0n) is 14.9. The van der Waals surface area contributed by atoms with Gasteiger partial charge in [0.25, 0.3) is 5.91 Å². The summed E-state index contributed by atoms with van der Waals surface area (Å²) in [6.45, 7) is 6.87. The first-order valence-electron chi connectivity index (χ1n) is 8.84. The molecule has 1 aliphatic rings. The molecule has 1 N–H and O–H groups in total. The van der Waals surface area contributed by atoms with E-state index in [1.54, 1.807) is 0 Å². The van der Waals surface area contributed by atoms with Gasteiger partial charge in [0.15, 0.2) is 5.69 Å². The number of nitrogens with one attached hydrogen (secondary N) is 1. The van der Waals surface area contributed by atoms with Gasteiger partial charge < -0.3 is 10.2 Å². The van der Waals surface area contributed by atoms with Gasteiger partial charge in [-0.3, -0.25) is 4.79 Å². The maximum Gasteiger partial charge on any atom is 0.274 e. The smallest absolute Gasteiger partial charge is 0.274 e. The number of rotatable bonds is 5. The van der Waals surface area contributed by atoms with Crippen LogP contribution >= 0.6 is 12.4 Å². The van der Waals surface area contributed by atoms with Crippen LogP contribution in [0, 0.1) is 6.92 Å². The highest BCUT2D eigenvalue weighted by Crippen LogP contribution is 2.18.